The summed E-state index contributed by atoms with van der Waals surface area (Å²) in [6.45, 7) is 5.57. The zero-order valence-electron chi connectivity index (χ0n) is 24.0. The van der Waals surface area contributed by atoms with Gasteiger partial charge in [-0.25, -0.2) is 5.01 Å². The highest BCUT2D eigenvalue weighted by atomic mass is 16.7. The van der Waals surface area contributed by atoms with Crippen molar-refractivity contribution < 1.29 is 28.5 Å². The number of nitrogens with zero attached hydrogens (tertiary/aromatic N) is 2. The molecule has 8 nitrogen and oxygen atoms in total. The first kappa shape index (κ1) is 27.7. The van der Waals surface area contributed by atoms with Crippen molar-refractivity contribution in [1.82, 2.24) is 10.0 Å². The number of carbonyl (C=O) groups is 1. The van der Waals surface area contributed by atoms with E-state index < -0.39 is 18.7 Å². The van der Waals surface area contributed by atoms with Crippen LogP contribution in [0.15, 0.2) is 91.0 Å². The smallest absolute Gasteiger partial charge is 0.268 e. The molecule has 8 heteroatoms. The van der Waals surface area contributed by atoms with E-state index in [2.05, 4.69) is 18.9 Å². The van der Waals surface area contributed by atoms with Crippen LogP contribution < -0.4 is 0 Å². The van der Waals surface area contributed by atoms with Crippen molar-refractivity contribution in [3.8, 4) is 0 Å². The van der Waals surface area contributed by atoms with Gasteiger partial charge in [0.15, 0.2) is 18.7 Å². The summed E-state index contributed by atoms with van der Waals surface area (Å²) in [7, 11) is 0. The maximum atomic E-state index is 13.9. The van der Waals surface area contributed by atoms with Crippen LogP contribution in [0.25, 0.3) is 0 Å². The molecule has 3 aromatic rings. The van der Waals surface area contributed by atoms with Gasteiger partial charge in [-0.3, -0.25) is 9.80 Å². The minimum absolute atomic E-state index is 0.0358. The first-order valence-electron chi connectivity index (χ1n) is 15.0. The maximum Gasteiger partial charge on any atom is 0.268 e. The van der Waals surface area contributed by atoms with Gasteiger partial charge in [0.25, 0.3) is 5.91 Å². The van der Waals surface area contributed by atoms with E-state index in [1.54, 1.807) is 0 Å². The van der Waals surface area contributed by atoms with Crippen LogP contribution in [0.1, 0.15) is 49.5 Å². The topological polar surface area (TPSA) is 69.7 Å². The van der Waals surface area contributed by atoms with E-state index >= 15 is 0 Å². The number of hydrogen-bond acceptors (Lipinski definition) is 7. The second-order valence-electron chi connectivity index (χ2n) is 12.0. The summed E-state index contributed by atoms with van der Waals surface area (Å²) in [4.78, 5) is 13.9. The Kier molecular flexibility index (Phi) is 7.84. The number of ether oxygens (including phenoxy) is 5. The van der Waals surface area contributed by atoms with E-state index in [4.69, 9.17) is 23.7 Å². The minimum atomic E-state index is -0.505. The Labute approximate surface area is 247 Å². The Morgan fingerprint density at radius 1 is 0.762 bits per heavy atom. The Bertz CT molecular complexity index is 1280. The van der Waals surface area contributed by atoms with Gasteiger partial charge >= 0.3 is 0 Å². The quantitative estimate of drug-likeness (QED) is 0.352. The lowest BCUT2D eigenvalue weighted by molar-refractivity contribution is -0.278. The van der Waals surface area contributed by atoms with Crippen molar-refractivity contribution in [2.24, 2.45) is 5.92 Å². The summed E-state index contributed by atoms with van der Waals surface area (Å²) in [5.41, 5.74) is 2.98. The highest BCUT2D eigenvalue weighted by Gasteiger charge is 2.63. The summed E-state index contributed by atoms with van der Waals surface area (Å²) < 4.78 is 32.2. The second kappa shape index (κ2) is 11.9. The van der Waals surface area contributed by atoms with Gasteiger partial charge in [-0.1, -0.05) is 105 Å². The molecule has 0 bridgehead atoms. The Morgan fingerprint density at radius 3 is 1.76 bits per heavy atom. The fourth-order valence-electron chi connectivity index (χ4n) is 6.73. The Balaban J connectivity index is 1.16. The number of hydrazine groups is 1. The van der Waals surface area contributed by atoms with Crippen LogP contribution in [-0.2, 0) is 35.1 Å². The monoisotopic (exact) mass is 570 g/mol. The van der Waals surface area contributed by atoms with Gasteiger partial charge in [0, 0.05) is 11.1 Å². The van der Waals surface area contributed by atoms with Crippen molar-refractivity contribution in [3.05, 3.63) is 108 Å². The summed E-state index contributed by atoms with van der Waals surface area (Å²) in [6, 6.07) is 29.5. The molecule has 0 spiro atoms. The molecule has 3 aromatic carbocycles. The van der Waals surface area contributed by atoms with E-state index in [0.29, 0.717) is 25.7 Å². The van der Waals surface area contributed by atoms with Crippen LogP contribution in [0.3, 0.4) is 0 Å². The average Bonchev–Trinajstić information content (AvgIpc) is 3.34. The molecule has 4 heterocycles. The predicted molar refractivity (Wildman–Crippen MR) is 155 cm³/mol. The van der Waals surface area contributed by atoms with Gasteiger partial charge in [-0.15, -0.1) is 0 Å². The average molecular weight is 571 g/mol. The Morgan fingerprint density at radius 2 is 1.26 bits per heavy atom. The lowest BCUT2D eigenvalue weighted by Gasteiger charge is -2.54. The third-order valence-electron chi connectivity index (χ3n) is 8.67. The molecule has 4 aliphatic heterocycles. The number of amides is 1. The molecule has 8 atom stereocenters. The SMILES string of the molecule is CC(C)C[C@H]1[C@@H](OCc2ccccc2)C(=O)N1N1[C@H]2COC(c3ccccc3)O[C@H]2[C@@H]2OC(c3ccccc3)OC[C@@H]21. The first-order chi connectivity index (χ1) is 20.6. The van der Waals surface area contributed by atoms with E-state index in [1.165, 1.54) is 0 Å². The van der Waals surface area contributed by atoms with Crippen LogP contribution >= 0.6 is 0 Å². The highest BCUT2D eigenvalue weighted by Crippen LogP contribution is 2.46. The fraction of sp³-hybridized carbons (Fsp3) is 0.441. The molecule has 1 amide bonds. The molecule has 0 aromatic heterocycles. The first-order valence-corrected chi connectivity index (χ1v) is 15.0. The van der Waals surface area contributed by atoms with Gasteiger partial charge in [0.05, 0.1) is 37.9 Å². The van der Waals surface area contributed by atoms with Gasteiger partial charge < -0.3 is 23.7 Å². The Hall–Kier alpha value is -3.11. The van der Waals surface area contributed by atoms with E-state index in [1.807, 2.05) is 96.0 Å². The van der Waals surface area contributed by atoms with Gasteiger partial charge in [-0.05, 0) is 17.9 Å². The van der Waals surface area contributed by atoms with Crippen LogP contribution in [0.5, 0.6) is 0 Å². The number of β-lactam (4-membered cyclic amide) rings is 1. The normalized spacial score (nSPS) is 32.8. The van der Waals surface area contributed by atoms with E-state index in [0.717, 1.165) is 23.1 Å². The zero-order chi connectivity index (χ0) is 28.6. The molecular formula is C34H38N2O6. The standard InChI is InChI=1S/C34H38N2O6/c1-22(2)18-26-31(38-19-23-12-6-3-7-13-23)32(37)36(26)35-27-20-39-33(24-14-8-4-9-15-24)41-29(27)30-28(35)21-40-34(42-30)25-16-10-5-11-17-25/h3-17,22,26-31,33-34H,18-21H2,1-2H3/t26-,27-,28-,29+,30+,31+,33?,34?/m0/s1. The van der Waals surface area contributed by atoms with E-state index in [9.17, 15) is 4.79 Å². The molecule has 220 valence electrons. The molecule has 4 fully saturated rings. The van der Waals surface area contributed by atoms with Crippen LogP contribution in [0.2, 0.25) is 0 Å². The van der Waals surface area contributed by atoms with Gasteiger partial charge in [0.1, 0.15) is 12.2 Å². The molecule has 0 saturated carbocycles. The van der Waals surface area contributed by atoms with Crippen LogP contribution in [0, 0.1) is 5.92 Å². The molecule has 4 saturated heterocycles. The van der Waals surface area contributed by atoms with Crippen molar-refractivity contribution in [2.45, 2.75) is 75.9 Å². The lowest BCUT2D eigenvalue weighted by Crippen LogP contribution is -2.74. The number of benzene rings is 3. The number of carbonyl (C=O) groups excluding carboxylic acids is 1. The molecule has 0 N–H and O–H groups in total. The van der Waals surface area contributed by atoms with Crippen LogP contribution in [0.4, 0.5) is 0 Å². The lowest BCUT2D eigenvalue weighted by atomic mass is 9.91. The summed E-state index contributed by atoms with van der Waals surface area (Å²) >= 11 is 0. The fourth-order valence-corrected chi connectivity index (χ4v) is 6.73. The molecule has 7 rings (SSSR count). The zero-order valence-corrected chi connectivity index (χ0v) is 24.0. The molecular weight excluding hydrogens is 532 g/mol. The van der Waals surface area contributed by atoms with Crippen LogP contribution in [-0.4, -0.2) is 65.6 Å². The summed E-state index contributed by atoms with van der Waals surface area (Å²) in [6.07, 6.45) is -1.30. The summed E-state index contributed by atoms with van der Waals surface area (Å²) in [5.74, 6) is 0.344. The molecule has 0 radical (unpaired) electrons. The van der Waals surface area contributed by atoms with Crippen molar-refractivity contribution in [2.75, 3.05) is 13.2 Å². The van der Waals surface area contributed by atoms with Crippen molar-refractivity contribution in [3.63, 3.8) is 0 Å². The molecule has 4 aliphatic rings. The molecule has 2 unspecified atom stereocenters. The highest BCUT2D eigenvalue weighted by molar-refractivity contribution is 5.88. The number of rotatable bonds is 8. The summed E-state index contributed by atoms with van der Waals surface area (Å²) in [5, 5.41) is 4.05. The third kappa shape index (κ3) is 5.17. The third-order valence-corrected chi connectivity index (χ3v) is 8.67. The largest absolute Gasteiger partial charge is 0.361 e. The van der Waals surface area contributed by atoms with Gasteiger partial charge in [-0.2, -0.15) is 0 Å². The van der Waals surface area contributed by atoms with Crippen molar-refractivity contribution in [1.29, 1.82) is 0 Å². The van der Waals surface area contributed by atoms with Gasteiger partial charge in [0.2, 0.25) is 0 Å². The number of fused-ring (bicyclic) bond motifs is 3. The second-order valence-corrected chi connectivity index (χ2v) is 12.0. The minimum Gasteiger partial charge on any atom is -0.361 e. The predicted octanol–water partition coefficient (Wildman–Crippen LogP) is 5.02. The molecule has 42 heavy (non-hydrogen) atoms. The van der Waals surface area contributed by atoms with Crippen molar-refractivity contribution >= 4 is 5.91 Å². The maximum absolute atomic E-state index is 13.9. The van der Waals surface area contributed by atoms with E-state index in [-0.39, 0.29) is 36.2 Å². The number of hydrogen-bond donors (Lipinski definition) is 0. The molecule has 0 aliphatic carbocycles.